The van der Waals surface area contributed by atoms with E-state index in [0.29, 0.717) is 0 Å². The molecule has 82 valence electrons. The molecule has 0 fully saturated rings. The minimum Gasteiger partial charge on any atom is -0.497 e. The first kappa shape index (κ1) is 10.6. The number of hydrogen-bond donors (Lipinski definition) is 1. The number of hydrogen-bond acceptors (Lipinski definition) is 2. The molecule has 0 aliphatic rings. The molecule has 2 aromatic carbocycles. The van der Waals surface area contributed by atoms with Crippen molar-refractivity contribution in [1.29, 1.82) is 0 Å². The van der Waals surface area contributed by atoms with Crippen LogP contribution in [0.1, 0.15) is 5.56 Å². The van der Waals surface area contributed by atoms with Crippen LogP contribution in [0, 0.1) is 6.92 Å². The van der Waals surface area contributed by atoms with Crippen LogP contribution < -0.4 is 10.5 Å². The van der Waals surface area contributed by atoms with E-state index < -0.39 is 0 Å². The number of rotatable bonds is 2. The van der Waals surface area contributed by atoms with Gasteiger partial charge in [0, 0.05) is 5.69 Å². The molecule has 16 heavy (non-hydrogen) atoms. The fourth-order valence-corrected chi connectivity index (χ4v) is 1.78. The van der Waals surface area contributed by atoms with E-state index in [-0.39, 0.29) is 0 Å². The van der Waals surface area contributed by atoms with Crippen LogP contribution in [0.25, 0.3) is 11.1 Å². The highest BCUT2D eigenvalue weighted by Crippen LogP contribution is 2.26. The Morgan fingerprint density at radius 3 is 2.25 bits per heavy atom. The van der Waals surface area contributed by atoms with Crippen LogP contribution in [0.3, 0.4) is 0 Å². The molecule has 0 saturated heterocycles. The zero-order chi connectivity index (χ0) is 11.5. The SMILES string of the molecule is COc1ccc(-c2ccc(N)cc2C)cc1. The van der Waals surface area contributed by atoms with Crippen LogP contribution in [0.15, 0.2) is 42.5 Å². The normalized spacial score (nSPS) is 10.1. The molecule has 0 unspecified atom stereocenters. The molecule has 2 N–H and O–H groups in total. The summed E-state index contributed by atoms with van der Waals surface area (Å²) < 4.78 is 5.13. The summed E-state index contributed by atoms with van der Waals surface area (Å²) in [6.45, 7) is 2.07. The van der Waals surface area contributed by atoms with Gasteiger partial charge in [0.2, 0.25) is 0 Å². The fraction of sp³-hybridized carbons (Fsp3) is 0.143. The molecule has 2 rings (SSSR count). The van der Waals surface area contributed by atoms with Crippen molar-refractivity contribution in [3.05, 3.63) is 48.0 Å². The van der Waals surface area contributed by atoms with Gasteiger partial charge >= 0.3 is 0 Å². The van der Waals surface area contributed by atoms with Gasteiger partial charge in [0.25, 0.3) is 0 Å². The molecule has 0 bridgehead atoms. The van der Waals surface area contributed by atoms with Gasteiger partial charge < -0.3 is 10.5 Å². The molecule has 0 aliphatic heterocycles. The smallest absolute Gasteiger partial charge is 0.118 e. The summed E-state index contributed by atoms with van der Waals surface area (Å²) in [6.07, 6.45) is 0. The van der Waals surface area contributed by atoms with Gasteiger partial charge in [-0.15, -0.1) is 0 Å². The maximum absolute atomic E-state index is 5.73. The summed E-state index contributed by atoms with van der Waals surface area (Å²) in [5, 5.41) is 0. The second-order valence-corrected chi connectivity index (χ2v) is 3.80. The minimum absolute atomic E-state index is 0.801. The maximum atomic E-state index is 5.73. The number of anilines is 1. The van der Waals surface area contributed by atoms with Gasteiger partial charge in [0.1, 0.15) is 5.75 Å². The lowest BCUT2D eigenvalue weighted by atomic mass is 10.00. The fourth-order valence-electron chi connectivity index (χ4n) is 1.78. The van der Waals surface area contributed by atoms with E-state index in [4.69, 9.17) is 10.5 Å². The van der Waals surface area contributed by atoms with E-state index in [1.54, 1.807) is 7.11 Å². The molecule has 2 aromatic rings. The summed E-state index contributed by atoms with van der Waals surface area (Å²) >= 11 is 0. The van der Waals surface area contributed by atoms with Gasteiger partial charge in [0.15, 0.2) is 0 Å². The third-order valence-electron chi connectivity index (χ3n) is 2.65. The molecule has 0 radical (unpaired) electrons. The third kappa shape index (κ3) is 2.01. The van der Waals surface area contributed by atoms with Gasteiger partial charge in [-0.3, -0.25) is 0 Å². The molecule has 0 atom stereocenters. The molecule has 2 nitrogen and oxygen atoms in total. The Bertz CT molecular complexity index is 489. The monoisotopic (exact) mass is 213 g/mol. The summed E-state index contributed by atoms with van der Waals surface area (Å²) in [4.78, 5) is 0. The number of nitrogens with two attached hydrogens (primary N) is 1. The summed E-state index contributed by atoms with van der Waals surface area (Å²) in [5.41, 5.74) is 10.1. The molecule has 0 amide bonds. The predicted octanol–water partition coefficient (Wildman–Crippen LogP) is 3.25. The molecule has 0 heterocycles. The molecular weight excluding hydrogens is 198 g/mol. The number of benzene rings is 2. The number of aryl methyl sites for hydroxylation is 1. The highest BCUT2D eigenvalue weighted by Gasteiger charge is 2.02. The van der Waals surface area contributed by atoms with Crippen molar-refractivity contribution in [2.45, 2.75) is 6.92 Å². The van der Waals surface area contributed by atoms with Gasteiger partial charge in [-0.2, -0.15) is 0 Å². The predicted molar refractivity (Wildman–Crippen MR) is 67.6 cm³/mol. The topological polar surface area (TPSA) is 35.2 Å². The lowest BCUT2D eigenvalue weighted by molar-refractivity contribution is 0.415. The standard InChI is InChI=1S/C14H15NO/c1-10-9-12(15)5-8-14(10)11-3-6-13(16-2)7-4-11/h3-9H,15H2,1-2H3. The Labute approximate surface area is 95.7 Å². The number of nitrogen functional groups attached to an aromatic ring is 1. The van der Waals surface area contributed by atoms with E-state index in [1.807, 2.05) is 30.3 Å². The molecular formula is C14H15NO. The van der Waals surface area contributed by atoms with Crippen LogP contribution in [0.2, 0.25) is 0 Å². The Balaban J connectivity index is 2.42. The van der Waals surface area contributed by atoms with Crippen molar-refractivity contribution in [2.75, 3.05) is 12.8 Å². The van der Waals surface area contributed by atoms with Crippen molar-refractivity contribution in [1.82, 2.24) is 0 Å². The molecule has 0 aliphatic carbocycles. The van der Waals surface area contributed by atoms with E-state index >= 15 is 0 Å². The van der Waals surface area contributed by atoms with E-state index in [9.17, 15) is 0 Å². The van der Waals surface area contributed by atoms with Gasteiger partial charge in [-0.1, -0.05) is 18.2 Å². The maximum Gasteiger partial charge on any atom is 0.118 e. The highest BCUT2D eigenvalue weighted by atomic mass is 16.5. The lowest BCUT2D eigenvalue weighted by Crippen LogP contribution is -1.89. The van der Waals surface area contributed by atoms with Crippen LogP contribution in [0.4, 0.5) is 5.69 Å². The molecule has 2 heteroatoms. The zero-order valence-electron chi connectivity index (χ0n) is 9.53. The molecule has 0 saturated carbocycles. The van der Waals surface area contributed by atoms with Crippen LogP contribution in [0.5, 0.6) is 5.75 Å². The van der Waals surface area contributed by atoms with Gasteiger partial charge in [-0.05, 0) is 47.9 Å². The van der Waals surface area contributed by atoms with Crippen LogP contribution in [-0.2, 0) is 0 Å². The van der Waals surface area contributed by atoms with E-state index in [2.05, 4.69) is 19.1 Å². The summed E-state index contributed by atoms with van der Waals surface area (Å²) in [7, 11) is 1.67. The third-order valence-corrected chi connectivity index (χ3v) is 2.65. The van der Waals surface area contributed by atoms with Gasteiger partial charge in [-0.25, -0.2) is 0 Å². The van der Waals surface area contributed by atoms with Crippen LogP contribution >= 0.6 is 0 Å². The van der Waals surface area contributed by atoms with Crippen molar-refractivity contribution in [3.8, 4) is 16.9 Å². The Hall–Kier alpha value is -1.96. The first-order valence-corrected chi connectivity index (χ1v) is 5.21. The second kappa shape index (κ2) is 4.27. The molecule has 0 spiro atoms. The Morgan fingerprint density at radius 2 is 1.69 bits per heavy atom. The van der Waals surface area contributed by atoms with Gasteiger partial charge in [0.05, 0.1) is 7.11 Å². The van der Waals surface area contributed by atoms with Crippen molar-refractivity contribution in [2.24, 2.45) is 0 Å². The zero-order valence-corrected chi connectivity index (χ0v) is 9.53. The summed E-state index contributed by atoms with van der Waals surface area (Å²) in [6, 6.07) is 14.0. The molecule has 0 aromatic heterocycles. The van der Waals surface area contributed by atoms with Crippen molar-refractivity contribution < 1.29 is 4.74 Å². The second-order valence-electron chi connectivity index (χ2n) is 3.80. The summed E-state index contributed by atoms with van der Waals surface area (Å²) in [5.74, 6) is 0.872. The number of ether oxygens (including phenoxy) is 1. The highest BCUT2D eigenvalue weighted by molar-refractivity contribution is 5.69. The first-order valence-electron chi connectivity index (χ1n) is 5.21. The van der Waals surface area contributed by atoms with Crippen molar-refractivity contribution in [3.63, 3.8) is 0 Å². The Kier molecular flexibility index (Phi) is 2.82. The van der Waals surface area contributed by atoms with Crippen LogP contribution in [-0.4, -0.2) is 7.11 Å². The largest absolute Gasteiger partial charge is 0.497 e. The van der Waals surface area contributed by atoms with Crippen molar-refractivity contribution >= 4 is 5.69 Å². The first-order chi connectivity index (χ1) is 7.70. The Morgan fingerprint density at radius 1 is 1.00 bits per heavy atom. The van der Waals surface area contributed by atoms with E-state index in [0.717, 1.165) is 11.4 Å². The average Bonchev–Trinajstić information content (AvgIpc) is 2.29. The average molecular weight is 213 g/mol. The minimum atomic E-state index is 0.801. The lowest BCUT2D eigenvalue weighted by Gasteiger charge is -2.07. The number of methoxy groups -OCH3 is 1. The van der Waals surface area contributed by atoms with E-state index in [1.165, 1.54) is 16.7 Å². The quantitative estimate of drug-likeness (QED) is 0.777.